The number of ketones is 1. The number of para-hydroxylation sites is 1. The van der Waals surface area contributed by atoms with Crippen LogP contribution in [0.2, 0.25) is 0 Å². The van der Waals surface area contributed by atoms with Crippen molar-refractivity contribution >= 4 is 17.4 Å². The van der Waals surface area contributed by atoms with E-state index in [0.717, 1.165) is 24.1 Å². The molecule has 1 aliphatic heterocycles. The maximum atomic E-state index is 12.3. The number of carbonyl (C=O) groups is 2. The second-order valence-electron chi connectivity index (χ2n) is 5.55. The number of hydrogen-bond acceptors (Lipinski definition) is 2. The number of Topliss-reactive ketones (excluding diaryl/α,β-unsaturated/α-hetero) is 1. The van der Waals surface area contributed by atoms with Crippen molar-refractivity contribution in [1.29, 1.82) is 0 Å². The SMILES string of the molecule is CC(=O)N1c2ccccc2C2(C)CCCC(=O)C12. The van der Waals surface area contributed by atoms with E-state index < -0.39 is 0 Å². The lowest BCUT2D eigenvalue weighted by Gasteiger charge is -2.38. The molecule has 1 aliphatic carbocycles. The molecule has 1 aromatic carbocycles. The molecule has 0 saturated heterocycles. The Morgan fingerprint density at radius 3 is 2.83 bits per heavy atom. The maximum absolute atomic E-state index is 12.3. The summed E-state index contributed by atoms with van der Waals surface area (Å²) in [6, 6.07) is 7.64. The first-order valence-corrected chi connectivity index (χ1v) is 6.48. The van der Waals surface area contributed by atoms with Gasteiger partial charge in [-0.15, -0.1) is 0 Å². The minimum absolute atomic E-state index is 0.0357. The van der Waals surface area contributed by atoms with Gasteiger partial charge < -0.3 is 4.90 Å². The Bertz CT molecular complexity index is 537. The number of rotatable bonds is 0. The smallest absolute Gasteiger partial charge is 0.224 e. The molecule has 0 radical (unpaired) electrons. The molecule has 2 unspecified atom stereocenters. The number of fused-ring (bicyclic) bond motifs is 3. The van der Waals surface area contributed by atoms with Gasteiger partial charge in [0.15, 0.2) is 5.78 Å². The molecule has 3 nitrogen and oxygen atoms in total. The summed E-state index contributed by atoms with van der Waals surface area (Å²) in [7, 11) is 0. The first-order chi connectivity index (χ1) is 8.55. The first-order valence-electron chi connectivity index (χ1n) is 6.48. The highest BCUT2D eigenvalue weighted by atomic mass is 16.2. The van der Waals surface area contributed by atoms with Gasteiger partial charge in [-0.2, -0.15) is 0 Å². The van der Waals surface area contributed by atoms with Gasteiger partial charge in [-0.25, -0.2) is 0 Å². The van der Waals surface area contributed by atoms with Crippen LogP contribution in [-0.4, -0.2) is 17.7 Å². The van der Waals surface area contributed by atoms with Crippen molar-refractivity contribution < 1.29 is 9.59 Å². The summed E-state index contributed by atoms with van der Waals surface area (Å²) in [5, 5.41) is 0. The number of benzene rings is 1. The van der Waals surface area contributed by atoms with E-state index >= 15 is 0 Å². The molecule has 0 bridgehead atoms. The van der Waals surface area contributed by atoms with Crippen LogP contribution in [0.4, 0.5) is 5.69 Å². The molecular formula is C15H17NO2. The molecule has 3 heteroatoms. The molecule has 94 valence electrons. The van der Waals surface area contributed by atoms with Crippen LogP contribution in [0, 0.1) is 0 Å². The van der Waals surface area contributed by atoms with Gasteiger partial charge in [0.1, 0.15) is 6.04 Å². The third-order valence-corrected chi connectivity index (χ3v) is 4.40. The molecule has 1 fully saturated rings. The van der Waals surface area contributed by atoms with Gasteiger partial charge in [-0.1, -0.05) is 25.1 Å². The second kappa shape index (κ2) is 3.67. The average molecular weight is 243 g/mol. The Morgan fingerprint density at radius 2 is 2.11 bits per heavy atom. The lowest BCUT2D eigenvalue weighted by molar-refractivity contribution is -0.126. The predicted octanol–water partition coefficient (Wildman–Crippen LogP) is 2.43. The normalized spacial score (nSPS) is 30.0. The minimum atomic E-state index is -0.291. The van der Waals surface area contributed by atoms with Crippen LogP contribution in [0.3, 0.4) is 0 Å². The third kappa shape index (κ3) is 1.30. The number of anilines is 1. The monoisotopic (exact) mass is 243 g/mol. The van der Waals surface area contributed by atoms with Crippen molar-refractivity contribution in [2.24, 2.45) is 0 Å². The fraction of sp³-hybridized carbons (Fsp3) is 0.467. The van der Waals surface area contributed by atoms with Gasteiger partial charge in [0.2, 0.25) is 5.91 Å². The lowest BCUT2D eigenvalue weighted by Crippen LogP contribution is -2.52. The molecule has 1 heterocycles. The summed E-state index contributed by atoms with van der Waals surface area (Å²) in [6.07, 6.45) is 2.49. The van der Waals surface area contributed by atoms with E-state index in [1.165, 1.54) is 0 Å². The summed E-state index contributed by atoms with van der Waals surface area (Å²) in [5.74, 6) is 0.168. The number of nitrogens with zero attached hydrogens (tertiary/aromatic N) is 1. The Hall–Kier alpha value is -1.64. The zero-order valence-corrected chi connectivity index (χ0v) is 10.8. The van der Waals surface area contributed by atoms with Crippen LogP contribution in [0.5, 0.6) is 0 Å². The summed E-state index contributed by atoms with van der Waals surface area (Å²) < 4.78 is 0. The average Bonchev–Trinajstić information content (AvgIpc) is 2.61. The Kier molecular flexibility index (Phi) is 2.34. The van der Waals surface area contributed by atoms with Gasteiger partial charge in [0.05, 0.1) is 0 Å². The summed E-state index contributed by atoms with van der Waals surface area (Å²) in [5.41, 5.74) is 1.88. The summed E-state index contributed by atoms with van der Waals surface area (Å²) in [4.78, 5) is 25.9. The zero-order valence-electron chi connectivity index (χ0n) is 10.8. The molecule has 2 aliphatic rings. The van der Waals surface area contributed by atoms with E-state index in [1.54, 1.807) is 11.8 Å². The maximum Gasteiger partial charge on any atom is 0.224 e. The highest BCUT2D eigenvalue weighted by Gasteiger charge is 2.53. The van der Waals surface area contributed by atoms with Crippen molar-refractivity contribution in [2.45, 2.75) is 44.6 Å². The van der Waals surface area contributed by atoms with E-state index in [0.29, 0.717) is 6.42 Å². The van der Waals surface area contributed by atoms with Crippen molar-refractivity contribution in [3.63, 3.8) is 0 Å². The largest absolute Gasteiger partial charge is 0.301 e. The van der Waals surface area contributed by atoms with Gasteiger partial charge in [0.25, 0.3) is 0 Å². The topological polar surface area (TPSA) is 37.4 Å². The molecule has 2 atom stereocenters. The van der Waals surface area contributed by atoms with Gasteiger partial charge in [-0.3, -0.25) is 9.59 Å². The van der Waals surface area contributed by atoms with E-state index in [1.807, 2.05) is 18.2 Å². The number of amides is 1. The number of carbonyl (C=O) groups excluding carboxylic acids is 2. The molecule has 3 rings (SSSR count). The standard InChI is InChI=1S/C15H17NO2/c1-10(17)16-12-7-4-3-6-11(12)15(2)9-5-8-13(18)14(15)16/h3-4,6-7,14H,5,8-9H2,1-2H3. The zero-order chi connectivity index (χ0) is 12.9. The Morgan fingerprint density at radius 1 is 1.39 bits per heavy atom. The van der Waals surface area contributed by atoms with Gasteiger partial charge >= 0.3 is 0 Å². The summed E-state index contributed by atoms with van der Waals surface area (Å²) >= 11 is 0. The molecule has 0 aromatic heterocycles. The van der Waals surface area contributed by atoms with Gasteiger partial charge in [-0.05, 0) is 24.5 Å². The second-order valence-corrected chi connectivity index (χ2v) is 5.55. The molecule has 1 saturated carbocycles. The molecule has 1 amide bonds. The van der Waals surface area contributed by atoms with Crippen LogP contribution in [0.25, 0.3) is 0 Å². The molecule has 0 spiro atoms. The van der Waals surface area contributed by atoms with Crippen molar-refractivity contribution in [3.8, 4) is 0 Å². The fourth-order valence-electron chi connectivity index (χ4n) is 3.63. The van der Waals surface area contributed by atoms with Crippen LogP contribution >= 0.6 is 0 Å². The van der Waals surface area contributed by atoms with Crippen LogP contribution < -0.4 is 4.90 Å². The van der Waals surface area contributed by atoms with Crippen molar-refractivity contribution in [1.82, 2.24) is 0 Å². The number of hydrogen-bond donors (Lipinski definition) is 0. The van der Waals surface area contributed by atoms with Crippen LogP contribution in [0.15, 0.2) is 24.3 Å². The van der Waals surface area contributed by atoms with E-state index in [9.17, 15) is 9.59 Å². The molecule has 0 N–H and O–H groups in total. The first kappa shape index (κ1) is 11.5. The lowest BCUT2D eigenvalue weighted by atomic mass is 9.69. The molecule has 1 aromatic rings. The summed E-state index contributed by atoms with van der Waals surface area (Å²) in [6.45, 7) is 3.67. The minimum Gasteiger partial charge on any atom is -0.301 e. The third-order valence-electron chi connectivity index (χ3n) is 4.40. The highest BCUT2D eigenvalue weighted by Crippen LogP contribution is 2.50. The van der Waals surface area contributed by atoms with Crippen LogP contribution in [-0.2, 0) is 15.0 Å². The highest BCUT2D eigenvalue weighted by molar-refractivity contribution is 6.05. The fourth-order valence-corrected chi connectivity index (χ4v) is 3.63. The molecular weight excluding hydrogens is 226 g/mol. The Labute approximate surface area is 107 Å². The van der Waals surface area contributed by atoms with Crippen molar-refractivity contribution in [3.05, 3.63) is 29.8 Å². The van der Waals surface area contributed by atoms with E-state index in [2.05, 4.69) is 13.0 Å². The predicted molar refractivity (Wildman–Crippen MR) is 69.6 cm³/mol. The van der Waals surface area contributed by atoms with Gasteiger partial charge in [0, 0.05) is 24.4 Å². The van der Waals surface area contributed by atoms with E-state index in [4.69, 9.17) is 0 Å². The van der Waals surface area contributed by atoms with E-state index in [-0.39, 0.29) is 23.1 Å². The Balaban J connectivity index is 2.23. The van der Waals surface area contributed by atoms with Crippen LogP contribution in [0.1, 0.15) is 38.7 Å². The quantitative estimate of drug-likeness (QED) is 0.701. The molecule has 18 heavy (non-hydrogen) atoms. The van der Waals surface area contributed by atoms with Crippen molar-refractivity contribution in [2.75, 3.05) is 4.90 Å².